The lowest BCUT2D eigenvalue weighted by Crippen LogP contribution is -2.41. The van der Waals surface area contributed by atoms with E-state index in [9.17, 15) is 4.79 Å². The van der Waals surface area contributed by atoms with E-state index in [-0.39, 0.29) is 11.9 Å². The molecule has 1 saturated heterocycles. The van der Waals surface area contributed by atoms with Gasteiger partial charge in [0.2, 0.25) is 5.91 Å². The average Bonchev–Trinajstić information content (AvgIpc) is 3.11. The summed E-state index contributed by atoms with van der Waals surface area (Å²) in [6.07, 6.45) is 3.98. The fraction of sp³-hybridized carbons (Fsp3) is 0.500. The summed E-state index contributed by atoms with van der Waals surface area (Å²) in [7, 11) is 1.64. The molecule has 128 valence electrons. The molecule has 2 heterocycles. The maximum atomic E-state index is 12.7. The van der Waals surface area contributed by atoms with E-state index in [2.05, 4.69) is 17.2 Å². The molecule has 0 aliphatic carbocycles. The molecule has 1 atom stereocenters. The lowest BCUT2D eigenvalue weighted by Gasteiger charge is -2.32. The van der Waals surface area contributed by atoms with Crippen LogP contribution >= 0.6 is 0 Å². The number of benzene rings is 1. The number of hydrogen-bond acceptors (Lipinski definition) is 4. The van der Waals surface area contributed by atoms with Crippen LogP contribution in [0.1, 0.15) is 32.7 Å². The lowest BCUT2D eigenvalue weighted by molar-refractivity contribution is -0.135. The SMILES string of the molecule is COc1ccc(-c2cn(C(C)C(=O)N3CCC(C)CC3)nn2)cc1. The average molecular weight is 328 g/mol. The molecule has 1 aromatic carbocycles. The van der Waals surface area contributed by atoms with Crippen LogP contribution in [0.3, 0.4) is 0 Å². The van der Waals surface area contributed by atoms with Crippen molar-refractivity contribution in [3.05, 3.63) is 30.5 Å². The Hall–Kier alpha value is -2.37. The van der Waals surface area contributed by atoms with Crippen LogP contribution in [0.4, 0.5) is 0 Å². The summed E-state index contributed by atoms with van der Waals surface area (Å²) in [6.45, 7) is 5.80. The molecule has 0 N–H and O–H groups in total. The van der Waals surface area contributed by atoms with E-state index in [0.29, 0.717) is 5.92 Å². The third kappa shape index (κ3) is 3.42. The Morgan fingerprint density at radius 2 is 1.92 bits per heavy atom. The van der Waals surface area contributed by atoms with Gasteiger partial charge in [0.15, 0.2) is 0 Å². The van der Waals surface area contributed by atoms with Crippen molar-refractivity contribution >= 4 is 5.91 Å². The molecule has 0 spiro atoms. The van der Waals surface area contributed by atoms with E-state index in [4.69, 9.17) is 4.74 Å². The number of nitrogens with zero attached hydrogens (tertiary/aromatic N) is 4. The molecular formula is C18H24N4O2. The van der Waals surface area contributed by atoms with E-state index in [0.717, 1.165) is 42.9 Å². The molecule has 3 rings (SSSR count). The molecule has 1 amide bonds. The summed E-state index contributed by atoms with van der Waals surface area (Å²) in [5, 5.41) is 8.36. The zero-order valence-corrected chi connectivity index (χ0v) is 14.5. The standard InChI is InChI=1S/C18H24N4O2/c1-13-8-10-21(11-9-13)18(23)14(2)22-12-17(19-20-22)15-4-6-16(24-3)7-5-15/h4-7,12-14H,8-11H2,1-3H3. The van der Waals surface area contributed by atoms with Crippen molar-refractivity contribution in [2.45, 2.75) is 32.7 Å². The van der Waals surface area contributed by atoms with Crippen molar-refractivity contribution in [1.29, 1.82) is 0 Å². The second-order valence-electron chi connectivity index (χ2n) is 6.50. The third-order valence-corrected chi connectivity index (χ3v) is 4.75. The van der Waals surface area contributed by atoms with Crippen molar-refractivity contribution in [2.75, 3.05) is 20.2 Å². The van der Waals surface area contributed by atoms with Crippen LogP contribution in [-0.2, 0) is 4.79 Å². The van der Waals surface area contributed by atoms with Crippen molar-refractivity contribution in [3.8, 4) is 17.0 Å². The van der Waals surface area contributed by atoms with Crippen LogP contribution in [-0.4, -0.2) is 46.0 Å². The van der Waals surface area contributed by atoms with E-state index in [1.165, 1.54) is 0 Å². The molecule has 2 aromatic rings. The Labute approximate surface area is 142 Å². The van der Waals surface area contributed by atoms with Crippen molar-refractivity contribution < 1.29 is 9.53 Å². The number of ether oxygens (including phenoxy) is 1. The van der Waals surface area contributed by atoms with Crippen LogP contribution in [0.2, 0.25) is 0 Å². The van der Waals surface area contributed by atoms with Crippen LogP contribution in [0, 0.1) is 5.92 Å². The summed E-state index contributed by atoms with van der Waals surface area (Å²) >= 11 is 0. The predicted molar refractivity (Wildman–Crippen MR) is 91.7 cm³/mol. The van der Waals surface area contributed by atoms with Crippen molar-refractivity contribution in [2.24, 2.45) is 5.92 Å². The van der Waals surface area contributed by atoms with Gasteiger partial charge in [-0.05, 0) is 49.9 Å². The Bertz CT molecular complexity index is 687. The highest BCUT2D eigenvalue weighted by atomic mass is 16.5. The van der Waals surface area contributed by atoms with Gasteiger partial charge < -0.3 is 9.64 Å². The van der Waals surface area contributed by atoms with Gasteiger partial charge in [0.05, 0.1) is 13.3 Å². The molecule has 1 aromatic heterocycles. The van der Waals surface area contributed by atoms with Crippen LogP contribution in [0.5, 0.6) is 5.75 Å². The molecule has 24 heavy (non-hydrogen) atoms. The monoisotopic (exact) mass is 328 g/mol. The Balaban J connectivity index is 1.70. The maximum Gasteiger partial charge on any atom is 0.247 e. The Morgan fingerprint density at radius 3 is 2.54 bits per heavy atom. The molecule has 0 radical (unpaired) electrons. The third-order valence-electron chi connectivity index (χ3n) is 4.75. The van der Waals surface area contributed by atoms with Gasteiger partial charge in [0, 0.05) is 18.7 Å². The molecule has 0 saturated carbocycles. The lowest BCUT2D eigenvalue weighted by atomic mass is 9.99. The normalized spacial score (nSPS) is 16.9. The van der Waals surface area contributed by atoms with E-state index in [1.54, 1.807) is 11.8 Å². The molecule has 6 heteroatoms. The minimum Gasteiger partial charge on any atom is -0.497 e. The molecule has 1 fully saturated rings. The van der Waals surface area contributed by atoms with E-state index >= 15 is 0 Å². The summed E-state index contributed by atoms with van der Waals surface area (Å²) in [6, 6.07) is 7.31. The van der Waals surface area contributed by atoms with Gasteiger partial charge in [0.1, 0.15) is 17.5 Å². The fourth-order valence-electron chi connectivity index (χ4n) is 2.97. The van der Waals surface area contributed by atoms with Gasteiger partial charge in [-0.2, -0.15) is 0 Å². The molecular weight excluding hydrogens is 304 g/mol. The molecule has 1 aliphatic rings. The Morgan fingerprint density at radius 1 is 1.25 bits per heavy atom. The minimum atomic E-state index is -0.335. The summed E-state index contributed by atoms with van der Waals surface area (Å²) < 4.78 is 6.82. The second kappa shape index (κ2) is 7.03. The van der Waals surface area contributed by atoms with Gasteiger partial charge >= 0.3 is 0 Å². The number of piperidine rings is 1. The number of methoxy groups -OCH3 is 1. The van der Waals surface area contributed by atoms with Gasteiger partial charge in [-0.25, -0.2) is 4.68 Å². The number of carbonyl (C=O) groups excluding carboxylic acids is 1. The highest BCUT2D eigenvalue weighted by molar-refractivity contribution is 5.80. The minimum absolute atomic E-state index is 0.119. The number of amides is 1. The zero-order valence-electron chi connectivity index (χ0n) is 14.5. The summed E-state index contributed by atoms with van der Waals surface area (Å²) in [5.41, 5.74) is 1.71. The van der Waals surface area contributed by atoms with Crippen LogP contribution in [0.25, 0.3) is 11.3 Å². The topological polar surface area (TPSA) is 60.2 Å². The summed E-state index contributed by atoms with van der Waals surface area (Å²) in [5.74, 6) is 1.62. The van der Waals surface area contributed by atoms with Gasteiger partial charge in [0.25, 0.3) is 0 Å². The number of hydrogen-bond donors (Lipinski definition) is 0. The largest absolute Gasteiger partial charge is 0.497 e. The number of likely N-dealkylation sites (tertiary alicyclic amines) is 1. The second-order valence-corrected chi connectivity index (χ2v) is 6.50. The van der Waals surface area contributed by atoms with Gasteiger partial charge in [-0.15, -0.1) is 5.10 Å². The first-order valence-electron chi connectivity index (χ1n) is 8.43. The van der Waals surface area contributed by atoms with Crippen molar-refractivity contribution in [3.63, 3.8) is 0 Å². The maximum absolute atomic E-state index is 12.7. The molecule has 1 aliphatic heterocycles. The Kier molecular flexibility index (Phi) is 4.83. The zero-order chi connectivity index (χ0) is 17.1. The van der Waals surface area contributed by atoms with Crippen molar-refractivity contribution in [1.82, 2.24) is 19.9 Å². The smallest absolute Gasteiger partial charge is 0.247 e. The predicted octanol–water partition coefficient (Wildman–Crippen LogP) is 2.77. The van der Waals surface area contributed by atoms with Crippen LogP contribution in [0.15, 0.2) is 30.5 Å². The fourth-order valence-corrected chi connectivity index (χ4v) is 2.97. The molecule has 6 nitrogen and oxygen atoms in total. The molecule has 0 bridgehead atoms. The first-order chi connectivity index (χ1) is 11.6. The quantitative estimate of drug-likeness (QED) is 0.866. The first-order valence-corrected chi connectivity index (χ1v) is 8.43. The highest BCUT2D eigenvalue weighted by Gasteiger charge is 2.26. The van der Waals surface area contributed by atoms with Crippen LogP contribution < -0.4 is 4.74 Å². The highest BCUT2D eigenvalue weighted by Crippen LogP contribution is 2.22. The van der Waals surface area contributed by atoms with Gasteiger partial charge in [-0.1, -0.05) is 12.1 Å². The van der Waals surface area contributed by atoms with E-state index < -0.39 is 0 Å². The molecule has 1 unspecified atom stereocenters. The number of aromatic nitrogens is 3. The van der Waals surface area contributed by atoms with E-state index in [1.807, 2.05) is 42.3 Å². The number of carbonyl (C=O) groups is 1. The first kappa shape index (κ1) is 16.5. The summed E-state index contributed by atoms with van der Waals surface area (Å²) in [4.78, 5) is 14.6. The number of rotatable bonds is 4. The van der Waals surface area contributed by atoms with Gasteiger partial charge in [-0.3, -0.25) is 4.79 Å².